The van der Waals surface area contributed by atoms with Crippen LogP contribution in [0.1, 0.15) is 5.56 Å². The number of rotatable bonds is 6. The number of pyridine rings is 1. The second kappa shape index (κ2) is 9.04. The lowest BCUT2D eigenvalue weighted by Gasteiger charge is -2.11. The highest BCUT2D eigenvalue weighted by atomic mass is 32.2. The topological polar surface area (TPSA) is 107 Å². The van der Waals surface area contributed by atoms with Crippen molar-refractivity contribution in [3.8, 4) is 5.75 Å². The number of aromatic nitrogens is 1. The standard InChI is InChI=1S/C20H17F3N4O3S/c21-20(22,23)30-16-2-1-3-18(12-16)31(28,29)17-6-4-14(5-7-17)13-26-19(24)27-15-8-10-25-11-9-15/h1-12H,13H2,(H3,24,25,26,27). The molecule has 0 saturated carbocycles. The monoisotopic (exact) mass is 450 g/mol. The summed E-state index contributed by atoms with van der Waals surface area (Å²) >= 11 is 0. The van der Waals surface area contributed by atoms with E-state index in [0.717, 1.165) is 17.8 Å². The van der Waals surface area contributed by atoms with Crippen molar-refractivity contribution >= 4 is 21.5 Å². The molecule has 3 rings (SSSR count). The Kier molecular flexibility index (Phi) is 6.44. The molecule has 1 heterocycles. The lowest BCUT2D eigenvalue weighted by atomic mass is 10.2. The average molecular weight is 450 g/mol. The maximum atomic E-state index is 12.7. The highest BCUT2D eigenvalue weighted by Crippen LogP contribution is 2.28. The first-order valence-electron chi connectivity index (χ1n) is 8.80. The molecule has 0 bridgehead atoms. The minimum atomic E-state index is -4.92. The fraction of sp³-hybridized carbons (Fsp3) is 0.100. The van der Waals surface area contributed by atoms with Gasteiger partial charge in [-0.2, -0.15) is 0 Å². The normalized spacial score (nSPS) is 12.4. The molecule has 0 aliphatic rings. The third-order valence-electron chi connectivity index (χ3n) is 3.97. The molecule has 7 nitrogen and oxygen atoms in total. The zero-order chi connectivity index (χ0) is 22.5. The number of alkyl halides is 3. The molecule has 3 aromatic rings. The molecular formula is C20H17F3N4O3S. The maximum absolute atomic E-state index is 12.7. The molecule has 2 aromatic carbocycles. The van der Waals surface area contributed by atoms with Gasteiger partial charge in [0, 0.05) is 18.1 Å². The number of nitrogens with zero attached hydrogens (tertiary/aromatic N) is 2. The molecule has 0 saturated heterocycles. The van der Waals surface area contributed by atoms with E-state index in [4.69, 9.17) is 5.73 Å². The van der Waals surface area contributed by atoms with Crippen molar-refractivity contribution in [2.75, 3.05) is 5.32 Å². The van der Waals surface area contributed by atoms with Crippen LogP contribution in [0.5, 0.6) is 5.75 Å². The minimum Gasteiger partial charge on any atom is -0.406 e. The minimum absolute atomic E-state index is 0.0766. The largest absolute Gasteiger partial charge is 0.573 e. The van der Waals surface area contributed by atoms with Crippen LogP contribution in [0.3, 0.4) is 0 Å². The van der Waals surface area contributed by atoms with Crippen LogP contribution in [0.4, 0.5) is 18.9 Å². The number of ether oxygens (including phenoxy) is 1. The van der Waals surface area contributed by atoms with E-state index in [9.17, 15) is 21.6 Å². The van der Waals surface area contributed by atoms with Gasteiger partial charge in [0.25, 0.3) is 0 Å². The van der Waals surface area contributed by atoms with E-state index in [0.29, 0.717) is 5.56 Å². The first kappa shape index (κ1) is 22.1. The van der Waals surface area contributed by atoms with Gasteiger partial charge in [-0.3, -0.25) is 4.98 Å². The van der Waals surface area contributed by atoms with Crippen molar-refractivity contribution in [1.82, 2.24) is 4.98 Å². The molecule has 162 valence electrons. The average Bonchev–Trinajstić information content (AvgIpc) is 2.72. The van der Waals surface area contributed by atoms with Crippen molar-refractivity contribution in [1.29, 1.82) is 0 Å². The van der Waals surface area contributed by atoms with Gasteiger partial charge in [-0.1, -0.05) is 18.2 Å². The van der Waals surface area contributed by atoms with E-state index in [2.05, 4.69) is 20.0 Å². The summed E-state index contributed by atoms with van der Waals surface area (Å²) < 4.78 is 66.4. The summed E-state index contributed by atoms with van der Waals surface area (Å²) in [6.07, 6.45) is -1.72. The number of hydrogen-bond donors (Lipinski definition) is 2. The SMILES string of the molecule is NC(=NCc1ccc(S(=O)(=O)c2cccc(OC(F)(F)F)c2)cc1)Nc1ccncc1. The Bertz CT molecular complexity index is 1170. The number of benzene rings is 2. The second-order valence-electron chi connectivity index (χ2n) is 6.23. The molecule has 11 heteroatoms. The number of aliphatic imine (C=N–C) groups is 1. The molecule has 1 aromatic heterocycles. The number of sulfone groups is 1. The third kappa shape index (κ3) is 6.19. The first-order valence-corrected chi connectivity index (χ1v) is 10.3. The summed E-state index contributed by atoms with van der Waals surface area (Å²) in [6.45, 7) is 0.194. The van der Waals surface area contributed by atoms with Gasteiger partial charge in [-0.25, -0.2) is 13.4 Å². The second-order valence-corrected chi connectivity index (χ2v) is 8.18. The van der Waals surface area contributed by atoms with Crippen LogP contribution in [0.2, 0.25) is 0 Å². The van der Waals surface area contributed by atoms with Crippen LogP contribution >= 0.6 is 0 Å². The highest BCUT2D eigenvalue weighted by Gasteiger charge is 2.31. The van der Waals surface area contributed by atoms with E-state index >= 15 is 0 Å². The van der Waals surface area contributed by atoms with Gasteiger partial charge in [-0.15, -0.1) is 13.2 Å². The van der Waals surface area contributed by atoms with Gasteiger partial charge in [0.1, 0.15) is 5.75 Å². The Morgan fingerprint density at radius 2 is 1.71 bits per heavy atom. The van der Waals surface area contributed by atoms with Crippen molar-refractivity contribution < 1.29 is 26.3 Å². The van der Waals surface area contributed by atoms with Crippen LogP contribution < -0.4 is 15.8 Å². The van der Waals surface area contributed by atoms with E-state index < -0.39 is 21.9 Å². The van der Waals surface area contributed by atoms with E-state index in [1.165, 1.54) is 24.3 Å². The zero-order valence-electron chi connectivity index (χ0n) is 15.9. The van der Waals surface area contributed by atoms with Crippen LogP contribution in [0.25, 0.3) is 0 Å². The number of anilines is 1. The zero-order valence-corrected chi connectivity index (χ0v) is 16.7. The van der Waals surface area contributed by atoms with E-state index in [1.807, 2.05) is 0 Å². The lowest BCUT2D eigenvalue weighted by molar-refractivity contribution is -0.274. The predicted octanol–water partition coefficient (Wildman–Crippen LogP) is 3.74. The highest BCUT2D eigenvalue weighted by molar-refractivity contribution is 7.91. The molecule has 0 aliphatic heterocycles. The lowest BCUT2D eigenvalue weighted by Crippen LogP contribution is -2.22. The van der Waals surface area contributed by atoms with Gasteiger partial charge in [0.15, 0.2) is 5.96 Å². The van der Waals surface area contributed by atoms with E-state index in [1.54, 1.807) is 36.7 Å². The van der Waals surface area contributed by atoms with Gasteiger partial charge >= 0.3 is 6.36 Å². The first-order chi connectivity index (χ1) is 14.6. The molecule has 0 aliphatic carbocycles. The van der Waals surface area contributed by atoms with Gasteiger partial charge < -0.3 is 15.8 Å². The van der Waals surface area contributed by atoms with E-state index in [-0.39, 0.29) is 22.3 Å². The number of halogens is 3. The predicted molar refractivity (Wildman–Crippen MR) is 108 cm³/mol. The molecule has 3 N–H and O–H groups in total. The fourth-order valence-corrected chi connectivity index (χ4v) is 3.84. The quantitative estimate of drug-likeness (QED) is 0.438. The molecule has 0 spiro atoms. The number of hydrogen-bond acceptors (Lipinski definition) is 5. The van der Waals surface area contributed by atoms with Gasteiger partial charge in [0.2, 0.25) is 9.84 Å². The van der Waals surface area contributed by atoms with Crippen molar-refractivity contribution in [3.63, 3.8) is 0 Å². The van der Waals surface area contributed by atoms with Crippen molar-refractivity contribution in [2.24, 2.45) is 10.7 Å². The summed E-state index contributed by atoms with van der Waals surface area (Å²) in [5, 5.41) is 2.89. The Balaban J connectivity index is 1.72. The van der Waals surface area contributed by atoms with Crippen LogP contribution in [-0.4, -0.2) is 25.7 Å². The Labute approximate surface area is 176 Å². The number of guanidine groups is 1. The van der Waals surface area contributed by atoms with Gasteiger partial charge in [-0.05, 0) is 48.0 Å². The molecule has 0 amide bonds. The van der Waals surface area contributed by atoms with Gasteiger partial charge in [0.05, 0.1) is 16.3 Å². The van der Waals surface area contributed by atoms with Crippen molar-refractivity contribution in [3.05, 3.63) is 78.6 Å². The third-order valence-corrected chi connectivity index (χ3v) is 5.74. The van der Waals surface area contributed by atoms with Crippen LogP contribution in [0, 0.1) is 0 Å². The molecule has 0 radical (unpaired) electrons. The summed E-state index contributed by atoms with van der Waals surface area (Å²) in [7, 11) is -4.03. The van der Waals surface area contributed by atoms with Crippen molar-refractivity contribution in [2.45, 2.75) is 22.7 Å². The van der Waals surface area contributed by atoms with Crippen LogP contribution in [-0.2, 0) is 16.4 Å². The number of nitrogens with two attached hydrogens (primary N) is 1. The summed E-state index contributed by atoms with van der Waals surface area (Å²) in [5.74, 6) is -0.443. The Hall–Kier alpha value is -3.60. The maximum Gasteiger partial charge on any atom is 0.573 e. The summed E-state index contributed by atoms with van der Waals surface area (Å²) in [6, 6.07) is 13.5. The summed E-state index contributed by atoms with van der Waals surface area (Å²) in [4.78, 5) is 7.67. The van der Waals surface area contributed by atoms with Crippen LogP contribution in [0.15, 0.2) is 87.8 Å². The Morgan fingerprint density at radius 3 is 2.35 bits per heavy atom. The molecule has 0 fully saturated rings. The molecule has 31 heavy (non-hydrogen) atoms. The smallest absolute Gasteiger partial charge is 0.406 e. The number of nitrogens with one attached hydrogen (secondary N) is 1. The molecular weight excluding hydrogens is 433 g/mol. The Morgan fingerprint density at radius 1 is 1.03 bits per heavy atom. The summed E-state index contributed by atoms with van der Waals surface area (Å²) in [5.41, 5.74) is 7.22. The molecule has 0 atom stereocenters. The molecule has 0 unspecified atom stereocenters. The fourth-order valence-electron chi connectivity index (χ4n) is 2.55.